The molecule has 0 amide bonds. The minimum atomic E-state index is 0.638. The first-order valence-electron chi connectivity index (χ1n) is 4.68. The van der Waals surface area contributed by atoms with E-state index in [0.717, 1.165) is 9.54 Å². The lowest BCUT2D eigenvalue weighted by Crippen LogP contribution is -1.92. The third-order valence-corrected chi connectivity index (χ3v) is 3.63. The molecule has 1 nitrogen and oxygen atoms in total. The van der Waals surface area contributed by atoms with Crippen LogP contribution in [0, 0.1) is 6.92 Å². The zero-order valence-corrected chi connectivity index (χ0v) is 10.8. The van der Waals surface area contributed by atoms with Crippen molar-refractivity contribution in [2.24, 2.45) is 0 Å². The van der Waals surface area contributed by atoms with Crippen molar-refractivity contribution in [3.63, 3.8) is 0 Å². The summed E-state index contributed by atoms with van der Waals surface area (Å²) in [6.07, 6.45) is 0. The SMILES string of the molecule is Cc1ccc(OCc2ccc(Br)s2)cc1. The Morgan fingerprint density at radius 3 is 2.47 bits per heavy atom. The number of hydrogen-bond acceptors (Lipinski definition) is 2. The summed E-state index contributed by atoms with van der Waals surface area (Å²) in [4.78, 5) is 1.22. The molecule has 1 aromatic carbocycles. The molecule has 0 atom stereocenters. The van der Waals surface area contributed by atoms with Gasteiger partial charge in [0.15, 0.2) is 0 Å². The second-order valence-electron chi connectivity index (χ2n) is 3.31. The van der Waals surface area contributed by atoms with E-state index in [2.05, 4.69) is 41.1 Å². The third kappa shape index (κ3) is 3.08. The average Bonchev–Trinajstić information content (AvgIpc) is 2.64. The number of benzene rings is 1. The van der Waals surface area contributed by atoms with E-state index < -0.39 is 0 Å². The van der Waals surface area contributed by atoms with Gasteiger partial charge < -0.3 is 4.74 Å². The molecule has 2 rings (SSSR count). The monoisotopic (exact) mass is 282 g/mol. The number of rotatable bonds is 3. The van der Waals surface area contributed by atoms with E-state index >= 15 is 0 Å². The van der Waals surface area contributed by atoms with Crippen LogP contribution in [0.2, 0.25) is 0 Å². The zero-order valence-electron chi connectivity index (χ0n) is 8.37. The molecule has 0 N–H and O–H groups in total. The first-order chi connectivity index (χ1) is 7.24. The molecule has 0 bridgehead atoms. The summed E-state index contributed by atoms with van der Waals surface area (Å²) in [6.45, 7) is 2.71. The molecule has 0 spiro atoms. The summed E-state index contributed by atoms with van der Waals surface area (Å²) in [5, 5.41) is 0. The zero-order chi connectivity index (χ0) is 10.7. The predicted molar refractivity (Wildman–Crippen MR) is 67.5 cm³/mol. The van der Waals surface area contributed by atoms with E-state index in [9.17, 15) is 0 Å². The summed E-state index contributed by atoms with van der Waals surface area (Å²) in [5.74, 6) is 0.921. The van der Waals surface area contributed by atoms with E-state index in [1.165, 1.54) is 10.4 Å². The van der Waals surface area contributed by atoms with E-state index in [1.807, 2.05) is 18.2 Å². The van der Waals surface area contributed by atoms with Gasteiger partial charge in [-0.2, -0.15) is 0 Å². The van der Waals surface area contributed by atoms with Crippen LogP contribution in [-0.4, -0.2) is 0 Å². The van der Waals surface area contributed by atoms with Gasteiger partial charge in [0.1, 0.15) is 12.4 Å². The molecule has 0 saturated carbocycles. The van der Waals surface area contributed by atoms with Crippen LogP contribution in [0.4, 0.5) is 0 Å². The van der Waals surface area contributed by atoms with Crippen LogP contribution >= 0.6 is 27.3 Å². The van der Waals surface area contributed by atoms with Gasteiger partial charge in [0.05, 0.1) is 3.79 Å². The molecule has 15 heavy (non-hydrogen) atoms. The maximum Gasteiger partial charge on any atom is 0.122 e. The van der Waals surface area contributed by atoms with Crippen LogP contribution in [0.3, 0.4) is 0 Å². The normalized spacial score (nSPS) is 10.3. The van der Waals surface area contributed by atoms with Gasteiger partial charge >= 0.3 is 0 Å². The fourth-order valence-electron chi connectivity index (χ4n) is 1.22. The highest BCUT2D eigenvalue weighted by atomic mass is 79.9. The Balaban J connectivity index is 1.96. The molecule has 1 heterocycles. The van der Waals surface area contributed by atoms with Gasteiger partial charge in [0.2, 0.25) is 0 Å². The highest BCUT2D eigenvalue weighted by molar-refractivity contribution is 9.11. The smallest absolute Gasteiger partial charge is 0.122 e. The Morgan fingerprint density at radius 2 is 1.87 bits per heavy atom. The maximum atomic E-state index is 5.65. The van der Waals surface area contributed by atoms with E-state index in [4.69, 9.17) is 4.74 Å². The highest BCUT2D eigenvalue weighted by Gasteiger charge is 1.98. The van der Waals surface area contributed by atoms with Crippen LogP contribution in [0.5, 0.6) is 5.75 Å². The fraction of sp³-hybridized carbons (Fsp3) is 0.167. The molecule has 3 heteroatoms. The van der Waals surface area contributed by atoms with Crippen molar-refractivity contribution in [1.82, 2.24) is 0 Å². The summed E-state index contributed by atoms with van der Waals surface area (Å²) in [7, 11) is 0. The van der Waals surface area contributed by atoms with Crippen LogP contribution in [0.25, 0.3) is 0 Å². The Morgan fingerprint density at radius 1 is 1.13 bits per heavy atom. The van der Waals surface area contributed by atoms with Gasteiger partial charge in [-0.1, -0.05) is 17.7 Å². The van der Waals surface area contributed by atoms with Crippen LogP contribution < -0.4 is 4.74 Å². The van der Waals surface area contributed by atoms with E-state index in [1.54, 1.807) is 11.3 Å². The van der Waals surface area contributed by atoms with Gasteiger partial charge in [-0.05, 0) is 47.1 Å². The minimum Gasteiger partial charge on any atom is -0.488 e. The number of halogens is 1. The van der Waals surface area contributed by atoms with Crippen molar-refractivity contribution >= 4 is 27.3 Å². The second kappa shape index (κ2) is 4.81. The van der Waals surface area contributed by atoms with Crippen molar-refractivity contribution in [2.75, 3.05) is 0 Å². The van der Waals surface area contributed by atoms with Crippen LogP contribution in [0.15, 0.2) is 40.2 Å². The fourth-order valence-corrected chi connectivity index (χ4v) is 2.61. The molecule has 0 radical (unpaired) electrons. The molecule has 0 unspecified atom stereocenters. The first-order valence-corrected chi connectivity index (χ1v) is 6.29. The first kappa shape index (κ1) is 10.7. The van der Waals surface area contributed by atoms with Crippen LogP contribution in [0.1, 0.15) is 10.4 Å². The van der Waals surface area contributed by atoms with E-state index in [-0.39, 0.29) is 0 Å². The van der Waals surface area contributed by atoms with Crippen LogP contribution in [-0.2, 0) is 6.61 Å². The van der Waals surface area contributed by atoms with E-state index in [0.29, 0.717) is 6.61 Å². The standard InChI is InChI=1S/C12H11BrOS/c1-9-2-4-10(5-3-9)14-8-11-6-7-12(13)15-11/h2-7H,8H2,1H3. The highest BCUT2D eigenvalue weighted by Crippen LogP contribution is 2.23. The lowest BCUT2D eigenvalue weighted by Gasteiger charge is -2.04. The number of aryl methyl sites for hydroxylation is 1. The maximum absolute atomic E-state index is 5.65. The Kier molecular flexibility index (Phi) is 3.44. The van der Waals surface area contributed by atoms with Crippen molar-refractivity contribution in [1.29, 1.82) is 0 Å². The quantitative estimate of drug-likeness (QED) is 0.811. The van der Waals surface area contributed by atoms with Crippen molar-refractivity contribution in [3.8, 4) is 5.75 Å². The van der Waals surface area contributed by atoms with Crippen molar-refractivity contribution < 1.29 is 4.74 Å². The number of ether oxygens (including phenoxy) is 1. The van der Waals surface area contributed by atoms with Gasteiger partial charge in [0.25, 0.3) is 0 Å². The lowest BCUT2D eigenvalue weighted by molar-refractivity contribution is 0.310. The van der Waals surface area contributed by atoms with Gasteiger partial charge in [0, 0.05) is 4.88 Å². The van der Waals surface area contributed by atoms with Gasteiger partial charge in [-0.15, -0.1) is 11.3 Å². The molecule has 0 fully saturated rings. The topological polar surface area (TPSA) is 9.23 Å². The van der Waals surface area contributed by atoms with Crippen molar-refractivity contribution in [2.45, 2.75) is 13.5 Å². The number of thiophene rings is 1. The second-order valence-corrected chi connectivity index (χ2v) is 5.86. The Bertz CT molecular complexity index is 433. The molecule has 2 aromatic rings. The molecule has 0 saturated heterocycles. The minimum absolute atomic E-state index is 0.638. The molecule has 78 valence electrons. The largest absolute Gasteiger partial charge is 0.488 e. The van der Waals surface area contributed by atoms with Gasteiger partial charge in [-0.3, -0.25) is 0 Å². The summed E-state index contributed by atoms with van der Waals surface area (Å²) in [6, 6.07) is 12.2. The molecule has 0 aliphatic carbocycles. The lowest BCUT2D eigenvalue weighted by atomic mass is 10.2. The molecule has 0 aliphatic rings. The molecule has 1 aromatic heterocycles. The summed E-state index contributed by atoms with van der Waals surface area (Å²) in [5.41, 5.74) is 1.25. The Hall–Kier alpha value is -0.800. The van der Waals surface area contributed by atoms with Gasteiger partial charge in [-0.25, -0.2) is 0 Å². The molecular weight excluding hydrogens is 272 g/mol. The summed E-state index contributed by atoms with van der Waals surface area (Å²) < 4.78 is 6.79. The summed E-state index contributed by atoms with van der Waals surface area (Å²) >= 11 is 5.13. The van der Waals surface area contributed by atoms with Crippen molar-refractivity contribution in [3.05, 3.63) is 50.6 Å². The predicted octanol–water partition coefficient (Wildman–Crippen LogP) is 4.40. The average molecular weight is 283 g/mol. The molecular formula is C12H11BrOS. The third-order valence-electron chi connectivity index (χ3n) is 2.03. The Labute approximate surface area is 102 Å². The number of hydrogen-bond donors (Lipinski definition) is 0. The molecule has 0 aliphatic heterocycles.